The fourth-order valence-electron chi connectivity index (χ4n) is 2.76. The van der Waals surface area contributed by atoms with Gasteiger partial charge in [0.25, 0.3) is 0 Å². The van der Waals surface area contributed by atoms with Gasteiger partial charge in [-0.2, -0.15) is 0 Å². The molecular weight excluding hydrogens is 212 g/mol. The molecule has 3 nitrogen and oxygen atoms in total. The fourth-order valence-corrected chi connectivity index (χ4v) is 2.76. The Bertz CT molecular complexity index is 356. The molecule has 1 saturated carbocycles. The van der Waals surface area contributed by atoms with Gasteiger partial charge in [0.1, 0.15) is 5.69 Å². The standard InChI is InChI=1S/C14H20N2O/c1-2-3-11-4-6-12(7-5-11)14(17)13-10-15-8-9-16-13/h8-12H,2-7H2,1H3. The molecule has 0 saturated heterocycles. The van der Waals surface area contributed by atoms with Crippen molar-refractivity contribution in [1.82, 2.24) is 9.97 Å². The number of rotatable bonds is 4. The Balaban J connectivity index is 1.91. The Hall–Kier alpha value is -1.25. The quantitative estimate of drug-likeness (QED) is 0.748. The van der Waals surface area contributed by atoms with Crippen molar-refractivity contribution in [2.75, 3.05) is 0 Å². The molecule has 0 radical (unpaired) electrons. The van der Waals surface area contributed by atoms with Crippen LogP contribution >= 0.6 is 0 Å². The molecule has 3 heteroatoms. The number of Topliss-reactive ketones (excluding diaryl/α,β-unsaturated/α-hetero) is 1. The molecule has 1 aliphatic carbocycles. The van der Waals surface area contributed by atoms with Crippen molar-refractivity contribution in [2.45, 2.75) is 45.4 Å². The molecule has 17 heavy (non-hydrogen) atoms. The molecular formula is C14H20N2O. The van der Waals surface area contributed by atoms with Crippen LogP contribution in [0.15, 0.2) is 18.6 Å². The molecule has 0 unspecified atom stereocenters. The van der Waals surface area contributed by atoms with Crippen LogP contribution in [0, 0.1) is 11.8 Å². The first-order valence-corrected chi connectivity index (χ1v) is 6.61. The van der Waals surface area contributed by atoms with E-state index in [0.29, 0.717) is 5.69 Å². The number of hydrogen-bond acceptors (Lipinski definition) is 3. The third-order valence-corrected chi connectivity index (χ3v) is 3.73. The van der Waals surface area contributed by atoms with Gasteiger partial charge in [-0.25, -0.2) is 4.98 Å². The fraction of sp³-hybridized carbons (Fsp3) is 0.643. The summed E-state index contributed by atoms with van der Waals surface area (Å²) in [7, 11) is 0. The van der Waals surface area contributed by atoms with Crippen LogP contribution in [0.4, 0.5) is 0 Å². The molecule has 1 heterocycles. The molecule has 1 aromatic heterocycles. The predicted molar refractivity (Wildman–Crippen MR) is 66.7 cm³/mol. The van der Waals surface area contributed by atoms with Gasteiger partial charge in [-0.05, 0) is 31.6 Å². The minimum Gasteiger partial charge on any atom is -0.292 e. The Labute approximate surface area is 103 Å². The van der Waals surface area contributed by atoms with E-state index in [2.05, 4.69) is 16.9 Å². The van der Waals surface area contributed by atoms with Crippen LogP contribution in [0.1, 0.15) is 55.9 Å². The molecule has 0 atom stereocenters. The summed E-state index contributed by atoms with van der Waals surface area (Å²) in [6.07, 6.45) is 11.8. The van der Waals surface area contributed by atoms with Gasteiger partial charge in [0, 0.05) is 18.3 Å². The Morgan fingerprint density at radius 1 is 1.29 bits per heavy atom. The van der Waals surface area contributed by atoms with Crippen molar-refractivity contribution < 1.29 is 4.79 Å². The third kappa shape index (κ3) is 3.11. The highest BCUT2D eigenvalue weighted by atomic mass is 16.1. The van der Waals surface area contributed by atoms with Gasteiger partial charge in [-0.15, -0.1) is 0 Å². The Kier molecular flexibility index (Phi) is 4.24. The lowest BCUT2D eigenvalue weighted by molar-refractivity contribution is 0.0864. The summed E-state index contributed by atoms with van der Waals surface area (Å²) in [4.78, 5) is 20.2. The van der Waals surface area contributed by atoms with E-state index >= 15 is 0 Å². The highest BCUT2D eigenvalue weighted by molar-refractivity contribution is 5.95. The van der Waals surface area contributed by atoms with Crippen LogP contribution in [-0.2, 0) is 0 Å². The van der Waals surface area contributed by atoms with Crippen LogP contribution < -0.4 is 0 Å². The average Bonchev–Trinajstić information content (AvgIpc) is 2.40. The van der Waals surface area contributed by atoms with Crippen molar-refractivity contribution in [3.8, 4) is 0 Å². The molecule has 1 fully saturated rings. The molecule has 1 aliphatic rings. The van der Waals surface area contributed by atoms with Crippen molar-refractivity contribution >= 4 is 5.78 Å². The summed E-state index contributed by atoms with van der Waals surface area (Å²) >= 11 is 0. The molecule has 0 spiro atoms. The predicted octanol–water partition coefficient (Wildman–Crippen LogP) is 3.27. The topological polar surface area (TPSA) is 42.9 Å². The first-order chi connectivity index (χ1) is 8.31. The molecule has 1 aromatic rings. The SMILES string of the molecule is CCCC1CCC(C(=O)c2cnccn2)CC1. The number of aromatic nitrogens is 2. The largest absolute Gasteiger partial charge is 0.292 e. The lowest BCUT2D eigenvalue weighted by Crippen LogP contribution is -2.22. The maximum Gasteiger partial charge on any atom is 0.185 e. The maximum absolute atomic E-state index is 12.2. The Morgan fingerprint density at radius 2 is 2.06 bits per heavy atom. The van der Waals surface area contributed by atoms with Crippen LogP contribution in [0.25, 0.3) is 0 Å². The summed E-state index contributed by atoms with van der Waals surface area (Å²) < 4.78 is 0. The van der Waals surface area contributed by atoms with E-state index in [-0.39, 0.29) is 11.7 Å². The first-order valence-electron chi connectivity index (χ1n) is 6.61. The molecule has 92 valence electrons. The number of carbonyl (C=O) groups is 1. The average molecular weight is 232 g/mol. The number of ketones is 1. The van der Waals surface area contributed by atoms with Crippen molar-refractivity contribution in [3.63, 3.8) is 0 Å². The summed E-state index contributed by atoms with van der Waals surface area (Å²) in [6, 6.07) is 0. The van der Waals surface area contributed by atoms with E-state index in [1.54, 1.807) is 18.6 Å². The second-order valence-corrected chi connectivity index (χ2v) is 4.96. The van der Waals surface area contributed by atoms with Crippen molar-refractivity contribution in [2.24, 2.45) is 11.8 Å². The molecule has 0 amide bonds. The van der Waals surface area contributed by atoms with E-state index in [1.807, 2.05) is 0 Å². The van der Waals surface area contributed by atoms with Gasteiger partial charge in [0.2, 0.25) is 0 Å². The maximum atomic E-state index is 12.2. The van der Waals surface area contributed by atoms with Gasteiger partial charge in [0.05, 0.1) is 6.20 Å². The highest BCUT2D eigenvalue weighted by Gasteiger charge is 2.27. The van der Waals surface area contributed by atoms with Gasteiger partial charge in [-0.1, -0.05) is 19.8 Å². The van der Waals surface area contributed by atoms with Crippen LogP contribution in [0.3, 0.4) is 0 Å². The van der Waals surface area contributed by atoms with Gasteiger partial charge in [-0.3, -0.25) is 9.78 Å². The molecule has 0 bridgehead atoms. The van der Waals surface area contributed by atoms with E-state index in [1.165, 1.54) is 25.7 Å². The van der Waals surface area contributed by atoms with Gasteiger partial charge in [0.15, 0.2) is 5.78 Å². The van der Waals surface area contributed by atoms with Crippen LogP contribution in [0.2, 0.25) is 0 Å². The zero-order valence-electron chi connectivity index (χ0n) is 10.4. The first kappa shape index (κ1) is 12.2. The minimum atomic E-state index is 0.180. The van der Waals surface area contributed by atoms with E-state index in [4.69, 9.17) is 0 Å². The normalized spacial score (nSPS) is 24.5. The second-order valence-electron chi connectivity index (χ2n) is 4.96. The van der Waals surface area contributed by atoms with E-state index < -0.39 is 0 Å². The van der Waals surface area contributed by atoms with Crippen LogP contribution in [0.5, 0.6) is 0 Å². The molecule has 2 rings (SSSR count). The Morgan fingerprint density at radius 3 is 2.65 bits per heavy atom. The number of carbonyl (C=O) groups excluding carboxylic acids is 1. The lowest BCUT2D eigenvalue weighted by atomic mass is 9.78. The number of nitrogens with zero attached hydrogens (tertiary/aromatic N) is 2. The van der Waals surface area contributed by atoms with Crippen molar-refractivity contribution in [1.29, 1.82) is 0 Å². The molecule has 0 N–H and O–H groups in total. The molecule has 0 aromatic carbocycles. The van der Waals surface area contributed by atoms with E-state index in [0.717, 1.165) is 18.8 Å². The third-order valence-electron chi connectivity index (χ3n) is 3.73. The number of hydrogen-bond donors (Lipinski definition) is 0. The smallest absolute Gasteiger partial charge is 0.185 e. The lowest BCUT2D eigenvalue weighted by Gasteiger charge is -2.27. The summed E-state index contributed by atoms with van der Waals surface area (Å²) in [5.41, 5.74) is 0.534. The second kappa shape index (κ2) is 5.89. The van der Waals surface area contributed by atoms with Crippen LogP contribution in [-0.4, -0.2) is 15.8 Å². The highest BCUT2D eigenvalue weighted by Crippen LogP contribution is 2.32. The van der Waals surface area contributed by atoms with E-state index in [9.17, 15) is 4.79 Å². The summed E-state index contributed by atoms with van der Waals surface area (Å²) in [5.74, 6) is 1.21. The monoisotopic (exact) mass is 232 g/mol. The summed E-state index contributed by atoms with van der Waals surface area (Å²) in [6.45, 7) is 2.23. The zero-order valence-corrected chi connectivity index (χ0v) is 10.4. The zero-order chi connectivity index (χ0) is 12.1. The van der Waals surface area contributed by atoms with Gasteiger partial charge < -0.3 is 0 Å². The minimum absolute atomic E-state index is 0.180. The van der Waals surface area contributed by atoms with Gasteiger partial charge >= 0.3 is 0 Å². The molecule has 0 aliphatic heterocycles. The van der Waals surface area contributed by atoms with Crippen molar-refractivity contribution in [3.05, 3.63) is 24.3 Å². The summed E-state index contributed by atoms with van der Waals surface area (Å²) in [5, 5.41) is 0.